The topological polar surface area (TPSA) is 50.9 Å². The van der Waals surface area contributed by atoms with E-state index in [4.69, 9.17) is 7.10 Å². The molecule has 1 aromatic heterocycles. The molecule has 1 aliphatic rings. The Hall–Kier alpha value is -1.09. The molecule has 0 spiro atoms. The monoisotopic (exact) mass is 178 g/mol. The fourth-order valence-corrected chi connectivity index (χ4v) is 1.76. The molecule has 1 aromatic rings. The molecule has 1 fully saturated rings. The van der Waals surface area contributed by atoms with E-state index < -0.39 is 0 Å². The zero-order valence-electron chi connectivity index (χ0n) is 8.53. The molecule has 0 amide bonds. The summed E-state index contributed by atoms with van der Waals surface area (Å²) >= 11 is 0. The highest BCUT2D eigenvalue weighted by atomic mass is 15.0. The molecule has 0 bridgehead atoms. The number of rotatable bonds is 2. The molecule has 3 heteroatoms. The van der Waals surface area contributed by atoms with Gasteiger partial charge >= 0.3 is 0 Å². The fourth-order valence-electron chi connectivity index (χ4n) is 1.76. The van der Waals surface area contributed by atoms with Crippen LogP contribution in [-0.2, 0) is 0 Å². The summed E-state index contributed by atoms with van der Waals surface area (Å²) in [7, 11) is 0. The lowest BCUT2D eigenvalue weighted by atomic mass is 10.2. The van der Waals surface area contributed by atoms with E-state index in [0.717, 1.165) is 25.1 Å². The van der Waals surface area contributed by atoms with E-state index >= 15 is 0 Å². The average molecular weight is 178 g/mol. The molecule has 2 atom stereocenters. The van der Waals surface area contributed by atoms with Crippen molar-refractivity contribution in [1.29, 1.82) is 0 Å². The molecule has 2 rings (SSSR count). The van der Waals surface area contributed by atoms with Crippen LogP contribution in [-0.4, -0.2) is 17.1 Å². The van der Waals surface area contributed by atoms with Gasteiger partial charge in [0.25, 0.3) is 0 Å². The van der Waals surface area contributed by atoms with Crippen LogP contribution in [0.5, 0.6) is 0 Å². The van der Waals surface area contributed by atoms with Crippen molar-refractivity contribution in [1.82, 2.24) is 4.98 Å². The van der Waals surface area contributed by atoms with Crippen molar-refractivity contribution in [3.63, 3.8) is 0 Å². The van der Waals surface area contributed by atoms with E-state index in [1.54, 1.807) is 12.3 Å². The quantitative estimate of drug-likeness (QED) is 0.719. The first-order valence-electron chi connectivity index (χ1n) is 5.19. The Balaban J connectivity index is 1.94. The van der Waals surface area contributed by atoms with E-state index in [1.807, 2.05) is 6.07 Å². The van der Waals surface area contributed by atoms with Crippen molar-refractivity contribution < 1.29 is 1.37 Å². The molecule has 0 aromatic carbocycles. The molecule has 0 saturated heterocycles. The first-order valence-corrected chi connectivity index (χ1v) is 4.69. The van der Waals surface area contributed by atoms with E-state index in [2.05, 4.69) is 10.3 Å². The van der Waals surface area contributed by atoms with E-state index in [9.17, 15) is 0 Å². The van der Waals surface area contributed by atoms with Crippen molar-refractivity contribution >= 4 is 5.82 Å². The number of hydrogen-bond donors (Lipinski definition) is 2. The van der Waals surface area contributed by atoms with Crippen LogP contribution in [0.1, 0.15) is 20.6 Å². The van der Waals surface area contributed by atoms with Gasteiger partial charge in [-0.15, -0.1) is 0 Å². The minimum atomic E-state index is 0.336. The van der Waals surface area contributed by atoms with E-state index in [0.29, 0.717) is 18.1 Å². The van der Waals surface area contributed by atoms with Crippen LogP contribution in [0.15, 0.2) is 24.4 Å². The van der Waals surface area contributed by atoms with Crippen molar-refractivity contribution in [2.45, 2.75) is 31.3 Å². The molecule has 1 aliphatic carbocycles. The molecule has 0 radical (unpaired) electrons. The minimum Gasteiger partial charge on any atom is -0.367 e. The Labute approximate surface area is 79.8 Å². The second-order valence-electron chi connectivity index (χ2n) is 3.56. The third-order valence-corrected chi connectivity index (χ3v) is 2.44. The van der Waals surface area contributed by atoms with Gasteiger partial charge in [-0.3, -0.25) is 0 Å². The lowest BCUT2D eigenvalue weighted by molar-refractivity contribution is 0.686. The van der Waals surface area contributed by atoms with Crippen LogP contribution in [0, 0.1) is 0 Å². The average Bonchev–Trinajstić information content (AvgIpc) is 2.56. The number of nitrogens with zero attached hydrogens (tertiary/aromatic N) is 1. The van der Waals surface area contributed by atoms with Gasteiger partial charge in [-0.25, -0.2) is 4.98 Å². The van der Waals surface area contributed by atoms with E-state index in [1.165, 1.54) is 0 Å². The van der Waals surface area contributed by atoms with Gasteiger partial charge in [-0.05, 0) is 31.4 Å². The van der Waals surface area contributed by atoms with Crippen molar-refractivity contribution in [3.05, 3.63) is 24.4 Å². The normalized spacial score (nSPS) is 28.5. The molecule has 70 valence electrons. The number of pyridine rings is 1. The highest BCUT2D eigenvalue weighted by Crippen LogP contribution is 2.20. The zero-order valence-corrected chi connectivity index (χ0v) is 7.53. The molecule has 3 nitrogen and oxygen atoms in total. The number of hydrogen-bond acceptors (Lipinski definition) is 3. The third-order valence-electron chi connectivity index (χ3n) is 2.44. The maximum absolute atomic E-state index is 7.30. The Kier molecular flexibility index (Phi) is 2.11. The number of nitrogens with two attached hydrogens (primary N) is 1. The zero-order chi connectivity index (χ0) is 9.97. The van der Waals surface area contributed by atoms with Crippen LogP contribution in [0.4, 0.5) is 5.82 Å². The third kappa shape index (κ3) is 2.18. The maximum Gasteiger partial charge on any atom is 0.126 e. The second-order valence-corrected chi connectivity index (χ2v) is 3.56. The molecule has 1 heterocycles. The van der Waals surface area contributed by atoms with Gasteiger partial charge in [-0.1, -0.05) is 6.07 Å². The van der Waals surface area contributed by atoms with Gasteiger partial charge in [-0.2, -0.15) is 0 Å². The Morgan fingerprint density at radius 1 is 1.62 bits per heavy atom. The van der Waals surface area contributed by atoms with Crippen LogP contribution in [0.25, 0.3) is 0 Å². The summed E-state index contributed by atoms with van der Waals surface area (Å²) in [4.78, 5) is 4.13. The number of nitrogens with one attached hydrogen (secondary N) is 1. The smallest absolute Gasteiger partial charge is 0.126 e. The van der Waals surface area contributed by atoms with Gasteiger partial charge < -0.3 is 11.1 Å². The second kappa shape index (κ2) is 3.75. The molecule has 13 heavy (non-hydrogen) atoms. The fraction of sp³-hybridized carbons (Fsp3) is 0.500. The molecule has 1 saturated carbocycles. The predicted molar refractivity (Wildman–Crippen MR) is 53.5 cm³/mol. The van der Waals surface area contributed by atoms with Gasteiger partial charge in [0, 0.05) is 18.3 Å². The molecule has 3 N–H and O–H groups in total. The van der Waals surface area contributed by atoms with Crippen molar-refractivity contribution in [3.8, 4) is 0 Å². The summed E-state index contributed by atoms with van der Waals surface area (Å²) in [5.41, 5.74) is 5.81. The van der Waals surface area contributed by atoms with Gasteiger partial charge in [0.2, 0.25) is 0 Å². The van der Waals surface area contributed by atoms with Gasteiger partial charge in [0.15, 0.2) is 0 Å². The van der Waals surface area contributed by atoms with Gasteiger partial charge in [0.1, 0.15) is 5.82 Å². The lowest BCUT2D eigenvalue weighted by Crippen LogP contribution is -2.21. The lowest BCUT2D eigenvalue weighted by Gasteiger charge is -2.12. The summed E-state index contributed by atoms with van der Waals surface area (Å²) in [5.74, 6) is 0.847. The Morgan fingerprint density at radius 3 is 3.15 bits per heavy atom. The Bertz CT molecular complexity index is 299. The SMILES string of the molecule is [2H]c1ccc(NC2CCC(N)C2)nc1. The van der Waals surface area contributed by atoms with Crippen molar-refractivity contribution in [2.24, 2.45) is 5.73 Å². The maximum atomic E-state index is 7.30. The summed E-state index contributed by atoms with van der Waals surface area (Å²) in [6.07, 6.45) is 4.78. The van der Waals surface area contributed by atoms with Crippen LogP contribution < -0.4 is 11.1 Å². The summed E-state index contributed by atoms with van der Waals surface area (Å²) in [6, 6.07) is 4.81. The van der Waals surface area contributed by atoms with Crippen LogP contribution in [0.2, 0.25) is 0 Å². The predicted octanol–water partition coefficient (Wildman–Crippen LogP) is 1.37. The van der Waals surface area contributed by atoms with Gasteiger partial charge in [0.05, 0.1) is 1.37 Å². The highest BCUT2D eigenvalue weighted by Gasteiger charge is 2.21. The highest BCUT2D eigenvalue weighted by molar-refractivity contribution is 5.34. The standard InChI is InChI=1S/C10H15N3/c11-8-4-5-9(7-8)13-10-3-1-2-6-12-10/h1-3,6,8-9H,4-5,7,11H2,(H,12,13)/i2D. The summed E-state index contributed by atoms with van der Waals surface area (Å²) in [5, 5.41) is 3.32. The Morgan fingerprint density at radius 2 is 2.54 bits per heavy atom. The van der Waals surface area contributed by atoms with Crippen molar-refractivity contribution in [2.75, 3.05) is 5.32 Å². The van der Waals surface area contributed by atoms with E-state index in [-0.39, 0.29) is 0 Å². The molecule has 0 aliphatic heterocycles. The number of anilines is 1. The molecular formula is C10H15N3. The molecular weight excluding hydrogens is 162 g/mol. The summed E-state index contributed by atoms with van der Waals surface area (Å²) < 4.78 is 7.30. The van der Waals surface area contributed by atoms with Crippen LogP contribution in [0.3, 0.4) is 0 Å². The summed E-state index contributed by atoms with van der Waals surface area (Å²) in [6.45, 7) is 0. The largest absolute Gasteiger partial charge is 0.367 e. The first-order chi connectivity index (χ1) is 6.74. The minimum absolute atomic E-state index is 0.336. The molecule has 2 unspecified atom stereocenters. The van der Waals surface area contributed by atoms with Crippen LogP contribution >= 0.6 is 0 Å². The number of aromatic nitrogens is 1. The first kappa shape index (κ1) is 7.33.